The zero-order valence-electron chi connectivity index (χ0n) is 13.8. The van der Waals surface area contributed by atoms with E-state index in [2.05, 4.69) is 10.6 Å². The third-order valence-electron chi connectivity index (χ3n) is 3.78. The third-order valence-corrected chi connectivity index (χ3v) is 3.78. The molecule has 1 unspecified atom stereocenters. The second-order valence-corrected chi connectivity index (χ2v) is 5.58. The zero-order chi connectivity index (χ0) is 17.6. The highest BCUT2D eigenvalue weighted by Crippen LogP contribution is 2.35. The maximum Gasteiger partial charge on any atom is 0.416 e. The van der Waals surface area contributed by atoms with E-state index >= 15 is 0 Å². The van der Waals surface area contributed by atoms with E-state index in [-0.39, 0.29) is 42.3 Å². The number of alkyl halides is 3. The lowest BCUT2D eigenvalue weighted by atomic mass is 9.98. The SMILES string of the molecule is COCCOc1ccc(C(F)(F)F)cc1NC(=O)C1CCCNC1.Cl. The van der Waals surface area contributed by atoms with Crippen LogP contribution in [-0.4, -0.2) is 39.3 Å². The standard InChI is InChI=1S/C16H21F3N2O3.ClH/c1-23-7-8-24-14-5-4-12(16(17,18)19)9-13(14)21-15(22)11-3-2-6-20-10-11;/h4-5,9,11,20H,2-3,6-8,10H2,1H3,(H,21,22);1H. The van der Waals surface area contributed by atoms with Gasteiger partial charge in [-0.3, -0.25) is 4.79 Å². The minimum Gasteiger partial charge on any atom is -0.489 e. The van der Waals surface area contributed by atoms with E-state index in [0.29, 0.717) is 19.6 Å². The fourth-order valence-corrected chi connectivity index (χ4v) is 2.48. The Hall–Kier alpha value is -1.51. The van der Waals surface area contributed by atoms with Crippen molar-refractivity contribution in [3.63, 3.8) is 0 Å². The Morgan fingerprint density at radius 3 is 2.72 bits per heavy atom. The highest BCUT2D eigenvalue weighted by atomic mass is 35.5. The van der Waals surface area contributed by atoms with Gasteiger partial charge in [-0.05, 0) is 37.6 Å². The molecule has 0 saturated carbocycles. The molecular formula is C16H22ClF3N2O3. The molecule has 1 aromatic carbocycles. The van der Waals surface area contributed by atoms with Crippen LogP contribution >= 0.6 is 12.4 Å². The monoisotopic (exact) mass is 382 g/mol. The van der Waals surface area contributed by atoms with E-state index in [1.807, 2.05) is 0 Å². The Balaban J connectivity index is 0.00000312. The van der Waals surface area contributed by atoms with Gasteiger partial charge < -0.3 is 20.1 Å². The van der Waals surface area contributed by atoms with Gasteiger partial charge in [-0.1, -0.05) is 0 Å². The maximum atomic E-state index is 12.9. The Morgan fingerprint density at radius 1 is 1.36 bits per heavy atom. The Labute approximate surface area is 150 Å². The number of carbonyl (C=O) groups is 1. The summed E-state index contributed by atoms with van der Waals surface area (Å²) in [6, 6.07) is 3.05. The van der Waals surface area contributed by atoms with Gasteiger partial charge in [0.2, 0.25) is 5.91 Å². The summed E-state index contributed by atoms with van der Waals surface area (Å²) in [4.78, 5) is 12.3. The molecular weight excluding hydrogens is 361 g/mol. The molecule has 1 atom stereocenters. The van der Waals surface area contributed by atoms with E-state index in [0.717, 1.165) is 25.1 Å². The Kier molecular flexibility index (Phi) is 8.47. The molecule has 9 heteroatoms. The largest absolute Gasteiger partial charge is 0.489 e. The first-order valence-electron chi connectivity index (χ1n) is 7.76. The highest BCUT2D eigenvalue weighted by Gasteiger charge is 2.32. The number of hydrogen-bond acceptors (Lipinski definition) is 4. The molecule has 1 amide bonds. The summed E-state index contributed by atoms with van der Waals surface area (Å²) in [5.74, 6) is -0.379. The molecule has 0 bridgehead atoms. The van der Waals surface area contributed by atoms with Crippen LogP contribution in [0.5, 0.6) is 5.75 Å². The van der Waals surface area contributed by atoms with Gasteiger partial charge in [0.15, 0.2) is 0 Å². The number of carbonyl (C=O) groups excluding carboxylic acids is 1. The molecule has 5 nitrogen and oxygen atoms in total. The van der Waals surface area contributed by atoms with E-state index < -0.39 is 11.7 Å². The molecule has 1 aliphatic heterocycles. The van der Waals surface area contributed by atoms with Crippen molar-refractivity contribution in [3.05, 3.63) is 23.8 Å². The molecule has 25 heavy (non-hydrogen) atoms. The summed E-state index contributed by atoms with van der Waals surface area (Å²) in [7, 11) is 1.49. The smallest absolute Gasteiger partial charge is 0.416 e. The van der Waals surface area contributed by atoms with Gasteiger partial charge in [-0.25, -0.2) is 0 Å². The number of hydrogen-bond donors (Lipinski definition) is 2. The summed E-state index contributed by atoms with van der Waals surface area (Å²) in [6.45, 7) is 1.83. The molecule has 142 valence electrons. The maximum absolute atomic E-state index is 12.9. The number of benzene rings is 1. The average molecular weight is 383 g/mol. The molecule has 1 heterocycles. The minimum atomic E-state index is -4.49. The second-order valence-electron chi connectivity index (χ2n) is 5.58. The number of amides is 1. The molecule has 0 radical (unpaired) electrons. The zero-order valence-corrected chi connectivity index (χ0v) is 14.6. The molecule has 1 saturated heterocycles. The normalized spacial score (nSPS) is 17.5. The van der Waals surface area contributed by atoms with Crippen molar-refractivity contribution in [3.8, 4) is 5.75 Å². The van der Waals surface area contributed by atoms with Crippen LogP contribution in [0.1, 0.15) is 18.4 Å². The molecule has 1 aliphatic rings. The highest BCUT2D eigenvalue weighted by molar-refractivity contribution is 5.94. The van der Waals surface area contributed by atoms with Crippen molar-refractivity contribution in [2.45, 2.75) is 19.0 Å². The molecule has 0 spiro atoms. The molecule has 1 fully saturated rings. The number of anilines is 1. The van der Waals surface area contributed by atoms with Crippen LogP contribution in [0.2, 0.25) is 0 Å². The summed E-state index contributed by atoms with van der Waals surface area (Å²) < 4.78 is 49.0. The number of nitrogens with one attached hydrogen (secondary N) is 2. The minimum absolute atomic E-state index is 0. The van der Waals surface area contributed by atoms with Crippen LogP contribution in [0.4, 0.5) is 18.9 Å². The third kappa shape index (κ3) is 6.37. The molecule has 2 N–H and O–H groups in total. The lowest BCUT2D eigenvalue weighted by Crippen LogP contribution is -2.37. The van der Waals surface area contributed by atoms with Gasteiger partial charge in [0.25, 0.3) is 0 Å². The number of ether oxygens (including phenoxy) is 2. The fraction of sp³-hybridized carbons (Fsp3) is 0.562. The molecule has 0 aromatic heterocycles. The van der Waals surface area contributed by atoms with Crippen LogP contribution in [0.15, 0.2) is 18.2 Å². The lowest BCUT2D eigenvalue weighted by Gasteiger charge is -2.23. The molecule has 2 rings (SSSR count). The van der Waals surface area contributed by atoms with Crippen LogP contribution in [0, 0.1) is 5.92 Å². The van der Waals surface area contributed by atoms with E-state index in [1.165, 1.54) is 13.2 Å². The van der Waals surface area contributed by atoms with Crippen LogP contribution in [-0.2, 0) is 15.7 Å². The van der Waals surface area contributed by atoms with Crippen LogP contribution in [0.25, 0.3) is 0 Å². The van der Waals surface area contributed by atoms with E-state index in [1.54, 1.807) is 0 Å². The van der Waals surface area contributed by atoms with Crippen molar-refractivity contribution in [2.75, 3.05) is 38.7 Å². The number of halogens is 4. The van der Waals surface area contributed by atoms with Gasteiger partial charge in [0, 0.05) is 13.7 Å². The summed E-state index contributed by atoms with van der Waals surface area (Å²) in [5, 5.41) is 5.68. The van der Waals surface area contributed by atoms with Crippen molar-refractivity contribution in [1.82, 2.24) is 5.32 Å². The quantitative estimate of drug-likeness (QED) is 0.742. The van der Waals surface area contributed by atoms with E-state index in [9.17, 15) is 18.0 Å². The average Bonchev–Trinajstić information content (AvgIpc) is 2.56. The summed E-state index contributed by atoms with van der Waals surface area (Å²) in [5.41, 5.74) is -0.810. The first-order chi connectivity index (χ1) is 11.4. The van der Waals surface area contributed by atoms with Gasteiger partial charge in [0.05, 0.1) is 23.8 Å². The van der Waals surface area contributed by atoms with Crippen molar-refractivity contribution < 1.29 is 27.4 Å². The van der Waals surface area contributed by atoms with Gasteiger partial charge >= 0.3 is 6.18 Å². The predicted octanol–water partition coefficient (Wildman–Crippen LogP) is 3.09. The van der Waals surface area contributed by atoms with Crippen LogP contribution < -0.4 is 15.4 Å². The second kappa shape index (κ2) is 9.84. The Morgan fingerprint density at radius 2 is 2.12 bits per heavy atom. The van der Waals surface area contributed by atoms with Crippen molar-refractivity contribution in [1.29, 1.82) is 0 Å². The van der Waals surface area contributed by atoms with Gasteiger partial charge in [-0.15, -0.1) is 12.4 Å². The first-order valence-corrected chi connectivity index (χ1v) is 7.76. The summed E-state index contributed by atoms with van der Waals surface area (Å²) >= 11 is 0. The predicted molar refractivity (Wildman–Crippen MR) is 90.3 cm³/mol. The summed E-state index contributed by atoms with van der Waals surface area (Å²) in [6.07, 6.45) is -2.92. The fourth-order valence-electron chi connectivity index (χ4n) is 2.48. The molecule has 1 aromatic rings. The van der Waals surface area contributed by atoms with Crippen LogP contribution in [0.3, 0.4) is 0 Å². The van der Waals surface area contributed by atoms with Gasteiger partial charge in [-0.2, -0.15) is 13.2 Å². The number of rotatable bonds is 6. The molecule has 0 aliphatic carbocycles. The lowest BCUT2D eigenvalue weighted by molar-refractivity contribution is -0.137. The first kappa shape index (κ1) is 21.5. The van der Waals surface area contributed by atoms with Crippen molar-refractivity contribution in [2.24, 2.45) is 5.92 Å². The topological polar surface area (TPSA) is 59.6 Å². The number of methoxy groups -OCH3 is 1. The van der Waals surface area contributed by atoms with Crippen molar-refractivity contribution >= 4 is 24.0 Å². The Bertz CT molecular complexity index is 564. The van der Waals surface area contributed by atoms with E-state index in [4.69, 9.17) is 9.47 Å². The number of piperidine rings is 1. The van der Waals surface area contributed by atoms with Gasteiger partial charge in [0.1, 0.15) is 12.4 Å².